The predicted molar refractivity (Wildman–Crippen MR) is 79.6 cm³/mol. The van der Waals surface area contributed by atoms with Crippen LogP contribution in [0.1, 0.15) is 17.3 Å². The van der Waals surface area contributed by atoms with Crippen molar-refractivity contribution >= 4 is 11.6 Å². The number of benzene rings is 1. The van der Waals surface area contributed by atoms with Gasteiger partial charge in [0.25, 0.3) is 5.91 Å². The monoisotopic (exact) mass is 324 g/mol. The summed E-state index contributed by atoms with van der Waals surface area (Å²) in [4.78, 5) is 17.8. The standard InChI is InChI=1S/C16H15F3N2O2/c1-2-21(13-6-4-3-5-7-13)15(22)12-8-9-14(20-10-12)23-11-16(17,18)19/h3-10H,2,11H2,1H3. The molecule has 0 saturated carbocycles. The fourth-order valence-corrected chi connectivity index (χ4v) is 1.96. The first kappa shape index (κ1) is 16.8. The zero-order chi connectivity index (χ0) is 16.9. The van der Waals surface area contributed by atoms with Crippen LogP contribution in [0.3, 0.4) is 0 Å². The first-order chi connectivity index (χ1) is 10.9. The van der Waals surface area contributed by atoms with Crippen molar-refractivity contribution in [3.63, 3.8) is 0 Å². The van der Waals surface area contributed by atoms with E-state index in [0.29, 0.717) is 6.54 Å². The summed E-state index contributed by atoms with van der Waals surface area (Å²) in [6.07, 6.45) is -3.22. The molecule has 0 N–H and O–H groups in total. The van der Waals surface area contributed by atoms with Crippen molar-refractivity contribution in [2.24, 2.45) is 0 Å². The summed E-state index contributed by atoms with van der Waals surface area (Å²) in [5, 5.41) is 0. The number of amides is 1. The fraction of sp³-hybridized carbons (Fsp3) is 0.250. The van der Waals surface area contributed by atoms with E-state index < -0.39 is 12.8 Å². The van der Waals surface area contributed by atoms with Crippen molar-refractivity contribution < 1.29 is 22.7 Å². The van der Waals surface area contributed by atoms with Gasteiger partial charge in [-0.15, -0.1) is 0 Å². The van der Waals surface area contributed by atoms with E-state index in [1.807, 2.05) is 25.1 Å². The third-order valence-corrected chi connectivity index (χ3v) is 3.00. The Morgan fingerprint density at radius 3 is 2.39 bits per heavy atom. The maximum atomic E-state index is 12.5. The number of hydrogen-bond donors (Lipinski definition) is 0. The maximum Gasteiger partial charge on any atom is 0.422 e. The van der Waals surface area contributed by atoms with E-state index in [1.54, 1.807) is 17.0 Å². The van der Waals surface area contributed by atoms with E-state index in [-0.39, 0.29) is 17.4 Å². The van der Waals surface area contributed by atoms with Crippen LogP contribution in [-0.4, -0.2) is 30.2 Å². The van der Waals surface area contributed by atoms with Crippen molar-refractivity contribution in [3.05, 3.63) is 54.2 Å². The number of halogens is 3. The molecule has 1 amide bonds. The Morgan fingerprint density at radius 1 is 1.17 bits per heavy atom. The molecule has 0 spiro atoms. The second kappa shape index (κ2) is 7.13. The van der Waals surface area contributed by atoms with Gasteiger partial charge >= 0.3 is 6.18 Å². The Kier molecular flexibility index (Phi) is 5.20. The zero-order valence-electron chi connectivity index (χ0n) is 12.4. The zero-order valence-corrected chi connectivity index (χ0v) is 12.4. The first-order valence-corrected chi connectivity index (χ1v) is 6.93. The molecule has 1 aromatic heterocycles. The highest BCUT2D eigenvalue weighted by Gasteiger charge is 2.28. The SMILES string of the molecule is CCN(C(=O)c1ccc(OCC(F)(F)F)nc1)c1ccccc1. The maximum absolute atomic E-state index is 12.5. The van der Waals surface area contributed by atoms with Crippen LogP contribution in [0, 0.1) is 0 Å². The molecule has 122 valence electrons. The number of pyridine rings is 1. The lowest BCUT2D eigenvalue weighted by Crippen LogP contribution is -2.30. The van der Waals surface area contributed by atoms with Gasteiger partial charge in [-0.25, -0.2) is 4.98 Å². The topological polar surface area (TPSA) is 42.4 Å². The highest BCUT2D eigenvalue weighted by Crippen LogP contribution is 2.19. The summed E-state index contributed by atoms with van der Waals surface area (Å²) in [5.41, 5.74) is 1.01. The Labute approximate surface area is 131 Å². The summed E-state index contributed by atoms with van der Waals surface area (Å²) >= 11 is 0. The molecule has 0 fully saturated rings. The molecule has 0 aliphatic rings. The molecule has 0 bridgehead atoms. The minimum Gasteiger partial charge on any atom is -0.468 e. The number of carbonyl (C=O) groups excluding carboxylic acids is 1. The molecule has 1 aromatic carbocycles. The van der Waals surface area contributed by atoms with E-state index in [1.165, 1.54) is 18.3 Å². The molecule has 4 nitrogen and oxygen atoms in total. The van der Waals surface area contributed by atoms with E-state index in [0.717, 1.165) is 5.69 Å². The number of hydrogen-bond acceptors (Lipinski definition) is 3. The number of rotatable bonds is 5. The van der Waals surface area contributed by atoms with Gasteiger partial charge in [0.1, 0.15) is 0 Å². The van der Waals surface area contributed by atoms with Crippen LogP contribution in [0.4, 0.5) is 18.9 Å². The summed E-state index contributed by atoms with van der Waals surface area (Å²) < 4.78 is 40.7. The quantitative estimate of drug-likeness (QED) is 0.842. The van der Waals surface area contributed by atoms with Crippen LogP contribution in [0.5, 0.6) is 5.88 Å². The molecule has 0 radical (unpaired) electrons. The van der Waals surface area contributed by atoms with Crippen molar-refractivity contribution in [3.8, 4) is 5.88 Å². The fourth-order valence-electron chi connectivity index (χ4n) is 1.96. The lowest BCUT2D eigenvalue weighted by molar-refractivity contribution is -0.154. The number of anilines is 1. The van der Waals surface area contributed by atoms with E-state index in [9.17, 15) is 18.0 Å². The number of ether oxygens (including phenoxy) is 1. The highest BCUT2D eigenvalue weighted by atomic mass is 19.4. The van der Waals surface area contributed by atoms with Gasteiger partial charge in [-0.1, -0.05) is 18.2 Å². The van der Waals surface area contributed by atoms with Gasteiger partial charge < -0.3 is 9.64 Å². The van der Waals surface area contributed by atoms with E-state index in [2.05, 4.69) is 9.72 Å². The van der Waals surface area contributed by atoms with Gasteiger partial charge in [-0.05, 0) is 25.1 Å². The van der Waals surface area contributed by atoms with Crippen LogP contribution >= 0.6 is 0 Å². The van der Waals surface area contributed by atoms with Crippen LogP contribution < -0.4 is 9.64 Å². The second-order valence-electron chi connectivity index (χ2n) is 4.67. The molecular formula is C16H15F3N2O2. The number of aromatic nitrogens is 1. The summed E-state index contributed by atoms with van der Waals surface area (Å²) in [6.45, 7) is 0.868. The van der Waals surface area contributed by atoms with Gasteiger partial charge in [0, 0.05) is 24.5 Å². The Balaban J connectivity index is 2.10. The van der Waals surface area contributed by atoms with Crippen LogP contribution in [0.25, 0.3) is 0 Å². The molecule has 7 heteroatoms. The first-order valence-electron chi connectivity index (χ1n) is 6.93. The van der Waals surface area contributed by atoms with Crippen molar-refractivity contribution in [1.29, 1.82) is 0 Å². The van der Waals surface area contributed by atoms with Crippen molar-refractivity contribution in [2.75, 3.05) is 18.1 Å². The van der Waals surface area contributed by atoms with Gasteiger partial charge in [0.2, 0.25) is 5.88 Å². The molecule has 0 unspecified atom stereocenters. The van der Waals surface area contributed by atoms with Crippen molar-refractivity contribution in [2.45, 2.75) is 13.1 Å². The van der Waals surface area contributed by atoms with Crippen LogP contribution in [-0.2, 0) is 0 Å². The summed E-state index contributed by atoms with van der Waals surface area (Å²) in [6, 6.07) is 11.7. The normalized spacial score (nSPS) is 11.1. The van der Waals surface area contributed by atoms with Gasteiger partial charge in [-0.2, -0.15) is 13.2 Å². The van der Waals surface area contributed by atoms with E-state index in [4.69, 9.17) is 0 Å². The minimum atomic E-state index is -4.43. The Bertz CT molecular complexity index is 643. The average molecular weight is 324 g/mol. The lowest BCUT2D eigenvalue weighted by atomic mass is 10.2. The molecule has 23 heavy (non-hydrogen) atoms. The third-order valence-electron chi connectivity index (χ3n) is 3.00. The Hall–Kier alpha value is -2.57. The predicted octanol–water partition coefficient (Wildman–Crippen LogP) is 3.69. The van der Waals surface area contributed by atoms with E-state index >= 15 is 0 Å². The third kappa shape index (κ3) is 4.70. The number of nitrogens with zero attached hydrogens (tertiary/aromatic N) is 2. The largest absolute Gasteiger partial charge is 0.468 e. The molecular weight excluding hydrogens is 309 g/mol. The van der Waals surface area contributed by atoms with Crippen LogP contribution in [0.2, 0.25) is 0 Å². The molecule has 0 atom stereocenters. The smallest absolute Gasteiger partial charge is 0.422 e. The minimum absolute atomic E-state index is 0.179. The average Bonchev–Trinajstić information content (AvgIpc) is 2.54. The molecule has 0 saturated heterocycles. The Morgan fingerprint density at radius 2 is 1.87 bits per heavy atom. The molecule has 1 heterocycles. The number of para-hydroxylation sites is 1. The highest BCUT2D eigenvalue weighted by molar-refractivity contribution is 6.05. The van der Waals surface area contributed by atoms with Gasteiger partial charge in [0.15, 0.2) is 6.61 Å². The molecule has 2 aromatic rings. The van der Waals surface area contributed by atoms with Crippen molar-refractivity contribution in [1.82, 2.24) is 4.98 Å². The van der Waals surface area contributed by atoms with Gasteiger partial charge in [0.05, 0.1) is 5.56 Å². The second-order valence-corrected chi connectivity index (χ2v) is 4.67. The molecule has 0 aliphatic heterocycles. The number of alkyl halides is 3. The lowest BCUT2D eigenvalue weighted by Gasteiger charge is -2.21. The molecule has 0 aliphatic carbocycles. The van der Waals surface area contributed by atoms with Crippen LogP contribution in [0.15, 0.2) is 48.7 Å². The summed E-state index contributed by atoms with van der Waals surface area (Å²) in [5.74, 6) is -0.463. The summed E-state index contributed by atoms with van der Waals surface area (Å²) in [7, 11) is 0. The number of carbonyl (C=O) groups is 1. The molecule has 2 rings (SSSR count). The van der Waals surface area contributed by atoms with Gasteiger partial charge in [-0.3, -0.25) is 4.79 Å².